The molecule has 0 unspecified atom stereocenters. The van der Waals surface area contributed by atoms with E-state index in [1.165, 1.54) is 0 Å². The highest BCUT2D eigenvalue weighted by Gasteiger charge is 2.11. The number of benzene rings is 3. The summed E-state index contributed by atoms with van der Waals surface area (Å²) in [6, 6.07) is 23.1. The number of unbranched alkanes of at least 4 members (excludes halogenated alkanes) is 1. The summed E-state index contributed by atoms with van der Waals surface area (Å²) in [4.78, 5) is 4.77. The highest BCUT2D eigenvalue weighted by Crippen LogP contribution is 2.24. The van der Waals surface area contributed by atoms with Crippen LogP contribution < -0.4 is 9.47 Å². The molecule has 4 aromatic rings. The molecule has 0 saturated heterocycles. The first-order chi connectivity index (χ1) is 14.7. The van der Waals surface area contributed by atoms with E-state index in [2.05, 4.69) is 10.6 Å². The predicted octanol–water partition coefficient (Wildman–Crippen LogP) is 6.78. The van der Waals surface area contributed by atoms with Gasteiger partial charge in [-0.3, -0.25) is 0 Å². The lowest BCUT2D eigenvalue weighted by Crippen LogP contribution is -2.09. The van der Waals surface area contributed by atoms with E-state index in [-0.39, 0.29) is 0 Å². The number of imidazole rings is 1. The number of hydrogen-bond donors (Lipinski definition) is 0. The van der Waals surface area contributed by atoms with Crippen molar-refractivity contribution in [3.63, 3.8) is 0 Å². The summed E-state index contributed by atoms with van der Waals surface area (Å²) < 4.78 is 14.0. The van der Waals surface area contributed by atoms with Gasteiger partial charge in [0.1, 0.15) is 23.9 Å². The van der Waals surface area contributed by atoms with Gasteiger partial charge in [0.15, 0.2) is 0 Å². The molecule has 1 heterocycles. The Morgan fingerprint density at radius 3 is 2.40 bits per heavy atom. The molecule has 4 nitrogen and oxygen atoms in total. The molecular formula is C24H22Cl2N2O2. The number of rotatable bonds is 9. The zero-order valence-electron chi connectivity index (χ0n) is 16.4. The second-order valence-electron chi connectivity index (χ2n) is 6.90. The lowest BCUT2D eigenvalue weighted by atomic mass is 10.3. The number of ether oxygens (including phenoxy) is 2. The molecule has 3 aromatic carbocycles. The molecule has 0 radical (unpaired) electrons. The Kier molecular flexibility index (Phi) is 6.77. The van der Waals surface area contributed by atoms with Gasteiger partial charge in [0, 0.05) is 11.6 Å². The Bertz CT molecular complexity index is 1110. The first kappa shape index (κ1) is 20.6. The number of aryl methyl sites for hydroxylation is 1. The smallest absolute Gasteiger partial charge is 0.147 e. The van der Waals surface area contributed by atoms with Crippen molar-refractivity contribution >= 4 is 34.2 Å². The fourth-order valence-electron chi connectivity index (χ4n) is 3.28. The quantitative estimate of drug-likeness (QED) is 0.269. The van der Waals surface area contributed by atoms with Crippen molar-refractivity contribution in [1.82, 2.24) is 9.55 Å². The van der Waals surface area contributed by atoms with Crippen LogP contribution in [0.3, 0.4) is 0 Å². The largest absolute Gasteiger partial charge is 0.492 e. The maximum atomic E-state index is 6.14. The van der Waals surface area contributed by atoms with Crippen LogP contribution in [0, 0.1) is 0 Å². The van der Waals surface area contributed by atoms with Crippen molar-refractivity contribution in [3.8, 4) is 11.5 Å². The van der Waals surface area contributed by atoms with Crippen LogP contribution in [0.2, 0.25) is 10.0 Å². The zero-order valence-corrected chi connectivity index (χ0v) is 17.9. The summed E-state index contributed by atoms with van der Waals surface area (Å²) in [5.41, 5.74) is 2.08. The van der Waals surface area contributed by atoms with Gasteiger partial charge < -0.3 is 14.0 Å². The Morgan fingerprint density at radius 2 is 1.57 bits per heavy atom. The zero-order chi connectivity index (χ0) is 20.8. The summed E-state index contributed by atoms with van der Waals surface area (Å²) in [5.74, 6) is 2.40. The number of fused-ring (bicyclic) bond motifs is 1. The summed E-state index contributed by atoms with van der Waals surface area (Å²) in [6.45, 7) is 1.85. The van der Waals surface area contributed by atoms with Crippen LogP contribution in [0.25, 0.3) is 11.0 Å². The van der Waals surface area contributed by atoms with Crippen LogP contribution in [0.15, 0.2) is 72.8 Å². The Balaban J connectivity index is 1.38. The van der Waals surface area contributed by atoms with Crippen molar-refractivity contribution < 1.29 is 9.47 Å². The molecule has 0 bridgehead atoms. The van der Waals surface area contributed by atoms with E-state index in [1.807, 2.05) is 66.7 Å². The predicted molar refractivity (Wildman–Crippen MR) is 122 cm³/mol. The number of halogens is 2. The van der Waals surface area contributed by atoms with Crippen molar-refractivity contribution in [2.24, 2.45) is 0 Å². The monoisotopic (exact) mass is 440 g/mol. The molecule has 0 N–H and O–H groups in total. The van der Waals surface area contributed by atoms with Crippen molar-refractivity contribution in [2.45, 2.75) is 26.0 Å². The maximum absolute atomic E-state index is 6.14. The molecule has 0 amide bonds. The highest BCUT2D eigenvalue weighted by molar-refractivity contribution is 6.32. The third kappa shape index (κ3) is 5.07. The maximum Gasteiger partial charge on any atom is 0.147 e. The normalized spacial score (nSPS) is 11.0. The molecule has 30 heavy (non-hydrogen) atoms. The van der Waals surface area contributed by atoms with Crippen molar-refractivity contribution in [2.75, 3.05) is 6.61 Å². The van der Waals surface area contributed by atoms with E-state index in [9.17, 15) is 0 Å². The average molecular weight is 441 g/mol. The lowest BCUT2D eigenvalue weighted by molar-refractivity contribution is 0.285. The number of para-hydroxylation sites is 3. The standard InChI is InChI=1S/C24H22Cl2N2O2/c25-18-11-13-19(14-12-18)30-17-24-27-21-8-2-3-9-22(21)28(24)15-5-6-16-29-23-10-4-1-7-20(23)26/h1-4,7-14H,5-6,15-17H2. The first-order valence-corrected chi connectivity index (χ1v) is 10.7. The molecule has 6 heteroatoms. The summed E-state index contributed by atoms with van der Waals surface area (Å²) in [6.07, 6.45) is 1.87. The average Bonchev–Trinajstić information content (AvgIpc) is 3.12. The van der Waals surface area contributed by atoms with Gasteiger partial charge in [-0.2, -0.15) is 0 Å². The van der Waals surface area contributed by atoms with Gasteiger partial charge in [-0.15, -0.1) is 0 Å². The second-order valence-corrected chi connectivity index (χ2v) is 7.74. The molecule has 4 rings (SSSR count). The van der Waals surface area contributed by atoms with Crippen molar-refractivity contribution in [1.29, 1.82) is 0 Å². The molecule has 0 fully saturated rings. The van der Waals surface area contributed by atoms with Gasteiger partial charge in [-0.1, -0.05) is 47.5 Å². The van der Waals surface area contributed by atoms with Crippen LogP contribution in [-0.2, 0) is 13.2 Å². The minimum atomic E-state index is 0.395. The summed E-state index contributed by atoms with van der Waals surface area (Å²) in [7, 11) is 0. The van der Waals surface area contributed by atoms with Gasteiger partial charge in [0.2, 0.25) is 0 Å². The number of aromatic nitrogens is 2. The van der Waals surface area contributed by atoms with E-state index >= 15 is 0 Å². The van der Waals surface area contributed by atoms with Gasteiger partial charge in [-0.25, -0.2) is 4.98 Å². The van der Waals surface area contributed by atoms with Crippen LogP contribution in [-0.4, -0.2) is 16.2 Å². The minimum Gasteiger partial charge on any atom is -0.492 e. The molecule has 0 spiro atoms. The van der Waals surface area contributed by atoms with E-state index in [0.29, 0.717) is 23.3 Å². The molecular weight excluding hydrogens is 419 g/mol. The number of hydrogen-bond acceptors (Lipinski definition) is 3. The molecule has 0 aliphatic heterocycles. The summed E-state index contributed by atoms with van der Waals surface area (Å²) >= 11 is 12.1. The molecule has 154 valence electrons. The van der Waals surface area contributed by atoms with Gasteiger partial charge in [-0.05, 0) is 61.4 Å². The topological polar surface area (TPSA) is 36.3 Å². The van der Waals surface area contributed by atoms with Crippen LogP contribution >= 0.6 is 23.2 Å². The van der Waals surface area contributed by atoms with Crippen LogP contribution in [0.4, 0.5) is 0 Å². The van der Waals surface area contributed by atoms with E-state index < -0.39 is 0 Å². The van der Waals surface area contributed by atoms with Gasteiger partial charge in [0.05, 0.1) is 22.7 Å². The first-order valence-electron chi connectivity index (χ1n) is 9.90. The second kappa shape index (κ2) is 9.88. The van der Waals surface area contributed by atoms with E-state index in [0.717, 1.165) is 47.7 Å². The minimum absolute atomic E-state index is 0.395. The fraction of sp³-hybridized carbons (Fsp3) is 0.208. The fourth-order valence-corrected chi connectivity index (χ4v) is 3.60. The van der Waals surface area contributed by atoms with E-state index in [1.54, 1.807) is 0 Å². The Hall–Kier alpha value is -2.69. The lowest BCUT2D eigenvalue weighted by Gasteiger charge is -2.11. The number of nitrogens with zero attached hydrogens (tertiary/aromatic N) is 2. The third-order valence-corrected chi connectivity index (χ3v) is 5.35. The highest BCUT2D eigenvalue weighted by atomic mass is 35.5. The van der Waals surface area contributed by atoms with Crippen LogP contribution in [0.5, 0.6) is 11.5 Å². The van der Waals surface area contributed by atoms with Gasteiger partial charge in [0.25, 0.3) is 0 Å². The van der Waals surface area contributed by atoms with E-state index in [4.69, 9.17) is 37.7 Å². The Morgan fingerprint density at radius 1 is 0.800 bits per heavy atom. The Labute approximate surface area is 186 Å². The molecule has 0 atom stereocenters. The van der Waals surface area contributed by atoms with Crippen molar-refractivity contribution in [3.05, 3.63) is 88.7 Å². The molecule has 0 aliphatic rings. The molecule has 0 aliphatic carbocycles. The molecule has 1 aromatic heterocycles. The van der Waals surface area contributed by atoms with Crippen LogP contribution in [0.1, 0.15) is 18.7 Å². The van der Waals surface area contributed by atoms with Gasteiger partial charge >= 0.3 is 0 Å². The third-order valence-electron chi connectivity index (χ3n) is 4.79. The SMILES string of the molecule is Clc1ccc(OCc2nc3ccccc3n2CCCCOc2ccccc2Cl)cc1. The molecule has 0 saturated carbocycles. The summed E-state index contributed by atoms with van der Waals surface area (Å²) in [5, 5.41) is 1.33.